The van der Waals surface area contributed by atoms with Gasteiger partial charge in [-0.05, 0) is 25.1 Å². The number of pyridine rings is 1. The van der Waals surface area contributed by atoms with Gasteiger partial charge >= 0.3 is 12.1 Å². The van der Waals surface area contributed by atoms with Gasteiger partial charge in [-0.1, -0.05) is 11.6 Å². The van der Waals surface area contributed by atoms with E-state index in [1.165, 1.54) is 19.2 Å². The first-order valence-corrected chi connectivity index (χ1v) is 6.51. The van der Waals surface area contributed by atoms with Gasteiger partial charge in [-0.25, -0.2) is 0 Å². The van der Waals surface area contributed by atoms with Crippen molar-refractivity contribution in [3.8, 4) is 0 Å². The number of nitrogens with zero attached hydrogens (tertiary/aromatic N) is 3. The second-order valence-corrected chi connectivity index (χ2v) is 4.89. The monoisotopic (exact) mass is 333 g/mol. The van der Waals surface area contributed by atoms with Crippen molar-refractivity contribution in [2.45, 2.75) is 26.3 Å². The van der Waals surface area contributed by atoms with Gasteiger partial charge in [-0.2, -0.15) is 18.3 Å². The Balaban J connectivity index is 1.96. The first-order valence-electron chi connectivity index (χ1n) is 6.13. The highest BCUT2D eigenvalue weighted by Crippen LogP contribution is 2.28. The Morgan fingerprint density at radius 2 is 2.14 bits per heavy atom. The second kappa shape index (κ2) is 6.35. The Morgan fingerprint density at radius 3 is 2.73 bits per heavy atom. The van der Waals surface area contributed by atoms with Crippen molar-refractivity contribution in [2.75, 3.05) is 0 Å². The summed E-state index contributed by atoms with van der Waals surface area (Å²) in [5.41, 5.74) is -0.395. The Morgan fingerprint density at radius 1 is 1.41 bits per heavy atom. The Kier molecular flexibility index (Phi) is 4.70. The standard InChI is InChI=1S/C13H11ClF3N3O2/c1-8-4-11(13(15,16)17)19-20(8)6-12(21)22-7-10-5-9(14)2-3-18-10/h2-5H,6-7H2,1H3. The van der Waals surface area contributed by atoms with E-state index in [1.807, 2.05) is 0 Å². The predicted octanol–water partition coefficient (Wildman–Crippen LogP) is 3.00. The summed E-state index contributed by atoms with van der Waals surface area (Å²) in [6.45, 7) is 0.891. The molecule has 0 radical (unpaired) electrons. The molecule has 9 heteroatoms. The summed E-state index contributed by atoms with van der Waals surface area (Å²) in [6.07, 6.45) is -3.09. The number of halogens is 4. The summed E-state index contributed by atoms with van der Waals surface area (Å²) in [4.78, 5) is 15.6. The van der Waals surface area contributed by atoms with Gasteiger partial charge in [-0.3, -0.25) is 14.5 Å². The third-order valence-electron chi connectivity index (χ3n) is 2.71. The van der Waals surface area contributed by atoms with E-state index in [4.69, 9.17) is 16.3 Å². The summed E-state index contributed by atoms with van der Waals surface area (Å²) in [5, 5.41) is 3.79. The molecule has 0 fully saturated rings. The summed E-state index contributed by atoms with van der Waals surface area (Å²) in [7, 11) is 0. The van der Waals surface area contributed by atoms with Gasteiger partial charge in [-0.15, -0.1) is 0 Å². The lowest BCUT2D eigenvalue weighted by molar-refractivity contribution is -0.147. The number of hydrogen-bond acceptors (Lipinski definition) is 4. The van der Waals surface area contributed by atoms with Gasteiger partial charge in [0.1, 0.15) is 13.2 Å². The van der Waals surface area contributed by atoms with E-state index in [0.29, 0.717) is 10.7 Å². The van der Waals surface area contributed by atoms with E-state index < -0.39 is 24.4 Å². The molecule has 0 saturated carbocycles. The lowest BCUT2D eigenvalue weighted by Crippen LogP contribution is -2.16. The zero-order chi connectivity index (χ0) is 16.3. The van der Waals surface area contributed by atoms with Crippen LogP contribution in [0.4, 0.5) is 13.2 Å². The number of carbonyl (C=O) groups excluding carboxylic acids is 1. The van der Waals surface area contributed by atoms with Crippen LogP contribution >= 0.6 is 11.6 Å². The topological polar surface area (TPSA) is 57.0 Å². The zero-order valence-electron chi connectivity index (χ0n) is 11.4. The molecule has 0 N–H and O–H groups in total. The SMILES string of the molecule is Cc1cc(C(F)(F)F)nn1CC(=O)OCc1cc(Cl)ccn1. The fourth-order valence-electron chi connectivity index (χ4n) is 1.66. The maximum Gasteiger partial charge on any atom is 0.435 e. The number of aryl methyl sites for hydroxylation is 1. The summed E-state index contributed by atoms with van der Waals surface area (Å²) in [5.74, 6) is -0.721. The first kappa shape index (κ1) is 16.3. The molecule has 0 aliphatic rings. The van der Waals surface area contributed by atoms with Crippen molar-refractivity contribution in [3.05, 3.63) is 46.5 Å². The van der Waals surface area contributed by atoms with E-state index in [-0.39, 0.29) is 12.3 Å². The normalized spacial score (nSPS) is 11.5. The molecule has 2 aromatic rings. The van der Waals surface area contributed by atoms with E-state index in [9.17, 15) is 18.0 Å². The third-order valence-corrected chi connectivity index (χ3v) is 2.95. The number of hydrogen-bond donors (Lipinski definition) is 0. The third kappa shape index (κ3) is 4.20. The second-order valence-electron chi connectivity index (χ2n) is 4.45. The van der Waals surface area contributed by atoms with Crippen LogP contribution in [0.2, 0.25) is 5.02 Å². The molecule has 0 atom stereocenters. The number of carbonyl (C=O) groups is 1. The predicted molar refractivity (Wildman–Crippen MR) is 71.0 cm³/mol. The van der Waals surface area contributed by atoms with Crippen molar-refractivity contribution in [1.29, 1.82) is 0 Å². The van der Waals surface area contributed by atoms with E-state index in [1.54, 1.807) is 6.07 Å². The number of alkyl halides is 3. The summed E-state index contributed by atoms with van der Waals surface area (Å²) < 4.78 is 43.4. The van der Waals surface area contributed by atoms with Gasteiger partial charge in [0.25, 0.3) is 0 Å². The molecule has 0 amide bonds. The van der Waals surface area contributed by atoms with Crippen molar-refractivity contribution in [3.63, 3.8) is 0 Å². The molecule has 2 rings (SSSR count). The van der Waals surface area contributed by atoms with Gasteiger partial charge in [0, 0.05) is 16.9 Å². The van der Waals surface area contributed by atoms with Crippen LogP contribution in [0.1, 0.15) is 17.1 Å². The molecule has 2 aromatic heterocycles. The molecular formula is C13H11ClF3N3O2. The maximum absolute atomic E-state index is 12.5. The average molecular weight is 334 g/mol. The van der Waals surface area contributed by atoms with Crippen LogP contribution in [0.25, 0.3) is 0 Å². The van der Waals surface area contributed by atoms with Crippen LogP contribution in [0, 0.1) is 6.92 Å². The van der Waals surface area contributed by atoms with Crippen LogP contribution in [-0.2, 0) is 28.9 Å². The maximum atomic E-state index is 12.5. The molecular weight excluding hydrogens is 323 g/mol. The smallest absolute Gasteiger partial charge is 0.435 e. The van der Waals surface area contributed by atoms with Crippen LogP contribution in [-0.4, -0.2) is 20.7 Å². The molecule has 0 bridgehead atoms. The lowest BCUT2D eigenvalue weighted by Gasteiger charge is -2.06. The Hall–Kier alpha value is -2.09. The molecule has 0 aliphatic heterocycles. The molecule has 0 unspecified atom stereocenters. The molecule has 5 nitrogen and oxygen atoms in total. The largest absolute Gasteiger partial charge is 0.458 e. The van der Waals surface area contributed by atoms with E-state index >= 15 is 0 Å². The van der Waals surface area contributed by atoms with Crippen molar-refractivity contribution >= 4 is 17.6 Å². The number of rotatable bonds is 4. The van der Waals surface area contributed by atoms with Crippen LogP contribution in [0.15, 0.2) is 24.4 Å². The van der Waals surface area contributed by atoms with E-state index in [2.05, 4.69) is 10.1 Å². The summed E-state index contributed by atoms with van der Waals surface area (Å²) in [6, 6.07) is 3.96. The molecule has 0 aliphatic carbocycles. The Bertz CT molecular complexity index is 685. The average Bonchev–Trinajstić information content (AvgIpc) is 2.78. The molecule has 22 heavy (non-hydrogen) atoms. The van der Waals surface area contributed by atoms with Crippen molar-refractivity contribution in [1.82, 2.24) is 14.8 Å². The fourth-order valence-corrected chi connectivity index (χ4v) is 1.84. The number of ether oxygens (including phenoxy) is 1. The van der Waals surface area contributed by atoms with Crippen LogP contribution in [0.3, 0.4) is 0 Å². The van der Waals surface area contributed by atoms with Crippen molar-refractivity contribution in [2.24, 2.45) is 0 Å². The highest BCUT2D eigenvalue weighted by molar-refractivity contribution is 6.30. The minimum atomic E-state index is -4.55. The fraction of sp³-hybridized carbons (Fsp3) is 0.308. The lowest BCUT2D eigenvalue weighted by atomic mass is 10.3. The van der Waals surface area contributed by atoms with E-state index in [0.717, 1.165) is 10.7 Å². The highest BCUT2D eigenvalue weighted by Gasteiger charge is 2.34. The highest BCUT2D eigenvalue weighted by atomic mass is 35.5. The van der Waals surface area contributed by atoms with Gasteiger partial charge in [0.15, 0.2) is 5.69 Å². The minimum Gasteiger partial charge on any atom is -0.458 e. The minimum absolute atomic E-state index is 0.119. The van der Waals surface area contributed by atoms with Crippen LogP contribution < -0.4 is 0 Å². The number of aromatic nitrogens is 3. The van der Waals surface area contributed by atoms with Gasteiger partial charge in [0.05, 0.1) is 5.69 Å². The quantitative estimate of drug-likeness (QED) is 0.807. The zero-order valence-corrected chi connectivity index (χ0v) is 12.1. The molecule has 0 saturated heterocycles. The van der Waals surface area contributed by atoms with Gasteiger partial charge < -0.3 is 4.74 Å². The Labute approximate surface area is 128 Å². The van der Waals surface area contributed by atoms with Crippen LogP contribution in [0.5, 0.6) is 0 Å². The summed E-state index contributed by atoms with van der Waals surface area (Å²) >= 11 is 5.76. The molecule has 0 aromatic carbocycles. The molecule has 118 valence electrons. The number of esters is 1. The molecule has 0 spiro atoms. The molecule has 2 heterocycles. The van der Waals surface area contributed by atoms with Crippen molar-refractivity contribution < 1.29 is 22.7 Å². The first-order chi connectivity index (χ1) is 10.3. The van der Waals surface area contributed by atoms with Gasteiger partial charge in [0.2, 0.25) is 0 Å².